The lowest BCUT2D eigenvalue weighted by Gasteiger charge is -2.14. The summed E-state index contributed by atoms with van der Waals surface area (Å²) in [5.74, 6) is 0.836. The van der Waals surface area contributed by atoms with Gasteiger partial charge in [-0.15, -0.1) is 0 Å². The number of rotatable bonds is 6. The third-order valence-corrected chi connectivity index (χ3v) is 3.61. The van der Waals surface area contributed by atoms with E-state index in [1.165, 1.54) is 5.56 Å². The first-order valence-electron chi connectivity index (χ1n) is 7.72. The Morgan fingerprint density at radius 3 is 2.48 bits per heavy atom. The average molecular weight is 304 g/mol. The minimum Gasteiger partial charge on any atom is -0.368 e. The molecule has 0 aliphatic heterocycles. The van der Waals surface area contributed by atoms with Gasteiger partial charge in [-0.3, -0.25) is 4.98 Å². The van der Waals surface area contributed by atoms with Gasteiger partial charge in [0.05, 0.1) is 5.69 Å². The van der Waals surface area contributed by atoms with E-state index in [9.17, 15) is 0 Å². The minimum absolute atomic E-state index is 0.0452. The van der Waals surface area contributed by atoms with Crippen molar-refractivity contribution in [3.8, 4) is 11.3 Å². The maximum Gasteiger partial charge on any atom is 0.126 e. The van der Waals surface area contributed by atoms with E-state index in [0.29, 0.717) is 6.54 Å². The number of hydrogen-bond acceptors (Lipinski definition) is 4. The van der Waals surface area contributed by atoms with E-state index in [1.54, 1.807) is 12.4 Å². The molecule has 0 unspecified atom stereocenters. The van der Waals surface area contributed by atoms with E-state index in [4.69, 9.17) is 5.73 Å². The van der Waals surface area contributed by atoms with Crippen LogP contribution in [0, 0.1) is 0 Å². The van der Waals surface area contributed by atoms with Gasteiger partial charge in [0.15, 0.2) is 0 Å². The molecular formula is C19H20N4. The number of aromatic nitrogens is 2. The smallest absolute Gasteiger partial charge is 0.126 e. The number of anilines is 1. The molecule has 116 valence electrons. The minimum atomic E-state index is 0.0452. The Hall–Kier alpha value is -2.72. The van der Waals surface area contributed by atoms with Crippen molar-refractivity contribution in [2.45, 2.75) is 12.5 Å². The highest BCUT2D eigenvalue weighted by Crippen LogP contribution is 2.17. The van der Waals surface area contributed by atoms with Crippen molar-refractivity contribution in [2.75, 3.05) is 11.9 Å². The number of benzene rings is 1. The van der Waals surface area contributed by atoms with Gasteiger partial charge in [-0.05, 0) is 36.2 Å². The molecule has 2 aromatic heterocycles. The van der Waals surface area contributed by atoms with Crippen LogP contribution in [0.2, 0.25) is 0 Å². The first kappa shape index (κ1) is 15.2. The summed E-state index contributed by atoms with van der Waals surface area (Å²) in [6.07, 6.45) is 4.39. The fourth-order valence-corrected chi connectivity index (χ4v) is 2.44. The van der Waals surface area contributed by atoms with Crippen LogP contribution in [0.15, 0.2) is 73.1 Å². The molecule has 23 heavy (non-hydrogen) atoms. The molecule has 4 heteroatoms. The zero-order valence-electron chi connectivity index (χ0n) is 12.9. The quantitative estimate of drug-likeness (QED) is 0.734. The lowest BCUT2D eigenvalue weighted by Crippen LogP contribution is -2.31. The molecule has 0 radical (unpaired) electrons. The highest BCUT2D eigenvalue weighted by Gasteiger charge is 2.05. The summed E-state index contributed by atoms with van der Waals surface area (Å²) in [6, 6.07) is 20.2. The van der Waals surface area contributed by atoms with E-state index in [-0.39, 0.29) is 6.04 Å². The monoisotopic (exact) mass is 304 g/mol. The molecule has 0 aliphatic carbocycles. The van der Waals surface area contributed by atoms with E-state index in [1.807, 2.05) is 48.5 Å². The zero-order valence-corrected chi connectivity index (χ0v) is 12.9. The second-order valence-electron chi connectivity index (χ2n) is 5.47. The Kier molecular flexibility index (Phi) is 4.96. The zero-order chi connectivity index (χ0) is 15.9. The van der Waals surface area contributed by atoms with E-state index < -0.39 is 0 Å². The summed E-state index contributed by atoms with van der Waals surface area (Å²) in [5.41, 5.74) is 9.43. The van der Waals surface area contributed by atoms with E-state index in [0.717, 1.165) is 23.5 Å². The Bertz CT molecular complexity index is 729. The molecule has 0 fully saturated rings. The van der Waals surface area contributed by atoms with E-state index >= 15 is 0 Å². The van der Waals surface area contributed by atoms with Crippen molar-refractivity contribution < 1.29 is 0 Å². The molecule has 0 aliphatic rings. The maximum atomic E-state index is 6.20. The number of nitrogens with one attached hydrogen (secondary N) is 1. The second kappa shape index (κ2) is 7.51. The van der Waals surface area contributed by atoms with Gasteiger partial charge in [0, 0.05) is 30.5 Å². The van der Waals surface area contributed by atoms with Crippen LogP contribution < -0.4 is 11.1 Å². The molecule has 4 nitrogen and oxygen atoms in total. The topological polar surface area (TPSA) is 63.8 Å². The Balaban J connectivity index is 1.60. The Morgan fingerprint density at radius 1 is 0.913 bits per heavy atom. The average Bonchev–Trinajstić information content (AvgIpc) is 2.62. The van der Waals surface area contributed by atoms with Crippen molar-refractivity contribution in [2.24, 2.45) is 5.73 Å². The molecule has 0 amide bonds. The molecule has 2 heterocycles. The maximum absolute atomic E-state index is 6.20. The lowest BCUT2D eigenvalue weighted by atomic mass is 10.1. The molecule has 0 saturated carbocycles. The molecule has 3 N–H and O–H groups in total. The summed E-state index contributed by atoms with van der Waals surface area (Å²) < 4.78 is 0. The second-order valence-corrected chi connectivity index (χ2v) is 5.47. The largest absolute Gasteiger partial charge is 0.368 e. The van der Waals surface area contributed by atoms with Crippen LogP contribution in [0.5, 0.6) is 0 Å². The van der Waals surface area contributed by atoms with Crippen LogP contribution in [0.25, 0.3) is 11.3 Å². The van der Waals surface area contributed by atoms with Gasteiger partial charge in [-0.25, -0.2) is 4.98 Å². The molecule has 0 spiro atoms. The standard InChI is InChI=1S/C19H20N4/c20-17(13-15-5-2-1-3-6-15)14-22-19-8-4-7-18(23-19)16-9-11-21-12-10-16/h1-12,17H,13-14,20H2,(H,22,23)/t17-/m1/s1. The number of pyridine rings is 2. The molecule has 3 rings (SSSR count). The summed E-state index contributed by atoms with van der Waals surface area (Å²) >= 11 is 0. The van der Waals surface area contributed by atoms with Crippen molar-refractivity contribution in [1.29, 1.82) is 0 Å². The molecular weight excluding hydrogens is 284 g/mol. The van der Waals surface area contributed by atoms with Gasteiger partial charge in [-0.2, -0.15) is 0 Å². The highest BCUT2D eigenvalue weighted by molar-refractivity contribution is 5.60. The number of nitrogens with zero attached hydrogens (tertiary/aromatic N) is 2. The third kappa shape index (κ3) is 4.37. The lowest BCUT2D eigenvalue weighted by molar-refractivity contribution is 0.698. The number of nitrogens with two attached hydrogens (primary N) is 1. The predicted molar refractivity (Wildman–Crippen MR) is 94.1 cm³/mol. The van der Waals surface area contributed by atoms with Crippen LogP contribution in [-0.4, -0.2) is 22.6 Å². The van der Waals surface area contributed by atoms with Gasteiger partial charge in [0.2, 0.25) is 0 Å². The Morgan fingerprint density at radius 2 is 1.70 bits per heavy atom. The number of hydrogen-bond donors (Lipinski definition) is 2. The van der Waals surface area contributed by atoms with Crippen molar-refractivity contribution >= 4 is 5.82 Å². The summed E-state index contributed by atoms with van der Waals surface area (Å²) in [4.78, 5) is 8.66. The molecule has 0 saturated heterocycles. The summed E-state index contributed by atoms with van der Waals surface area (Å²) in [6.45, 7) is 0.682. The summed E-state index contributed by atoms with van der Waals surface area (Å²) in [5, 5.41) is 3.32. The highest BCUT2D eigenvalue weighted by atomic mass is 15.0. The van der Waals surface area contributed by atoms with Crippen molar-refractivity contribution in [3.63, 3.8) is 0 Å². The van der Waals surface area contributed by atoms with Gasteiger partial charge in [-0.1, -0.05) is 36.4 Å². The first-order valence-corrected chi connectivity index (χ1v) is 7.72. The van der Waals surface area contributed by atoms with Crippen LogP contribution in [0.4, 0.5) is 5.82 Å². The summed E-state index contributed by atoms with van der Waals surface area (Å²) in [7, 11) is 0. The molecule has 3 aromatic rings. The normalized spacial score (nSPS) is 11.9. The van der Waals surface area contributed by atoms with Crippen LogP contribution in [-0.2, 0) is 6.42 Å². The first-order chi connectivity index (χ1) is 11.3. The Labute approximate surface area is 136 Å². The fourth-order valence-electron chi connectivity index (χ4n) is 2.44. The third-order valence-electron chi connectivity index (χ3n) is 3.61. The van der Waals surface area contributed by atoms with Gasteiger partial charge in [0.25, 0.3) is 0 Å². The molecule has 1 atom stereocenters. The SMILES string of the molecule is N[C@@H](CNc1cccc(-c2ccncc2)n1)Cc1ccccc1. The van der Waals surface area contributed by atoms with Crippen molar-refractivity contribution in [1.82, 2.24) is 9.97 Å². The van der Waals surface area contributed by atoms with Gasteiger partial charge >= 0.3 is 0 Å². The van der Waals surface area contributed by atoms with Crippen LogP contribution >= 0.6 is 0 Å². The van der Waals surface area contributed by atoms with Gasteiger partial charge < -0.3 is 11.1 Å². The molecule has 1 aromatic carbocycles. The van der Waals surface area contributed by atoms with Gasteiger partial charge in [0.1, 0.15) is 5.82 Å². The van der Waals surface area contributed by atoms with Crippen LogP contribution in [0.3, 0.4) is 0 Å². The fraction of sp³-hybridized carbons (Fsp3) is 0.158. The van der Waals surface area contributed by atoms with Crippen LogP contribution in [0.1, 0.15) is 5.56 Å². The van der Waals surface area contributed by atoms with Crippen molar-refractivity contribution in [3.05, 3.63) is 78.6 Å². The predicted octanol–water partition coefficient (Wildman–Crippen LogP) is 3.13. The van der Waals surface area contributed by atoms with E-state index in [2.05, 4.69) is 27.4 Å². The molecule has 0 bridgehead atoms.